The fourth-order valence-electron chi connectivity index (χ4n) is 3.50. The molecule has 0 aromatic carbocycles. The van der Waals surface area contributed by atoms with Gasteiger partial charge in [0.05, 0.1) is 12.0 Å². The number of allylic oxidation sites excluding steroid dienone is 1. The van der Waals surface area contributed by atoms with E-state index in [1.165, 1.54) is 0 Å². The Morgan fingerprint density at radius 3 is 2.92 bits per heavy atom. The zero-order chi connectivity index (χ0) is 17.3. The van der Waals surface area contributed by atoms with Crippen molar-refractivity contribution in [3.05, 3.63) is 29.1 Å². The maximum atomic E-state index is 13.0. The molecule has 1 aliphatic heterocycles. The van der Waals surface area contributed by atoms with Crippen LogP contribution in [0.15, 0.2) is 12.3 Å². The van der Waals surface area contributed by atoms with Crippen molar-refractivity contribution in [2.45, 2.75) is 31.5 Å². The molecule has 4 nitrogen and oxygen atoms in total. The summed E-state index contributed by atoms with van der Waals surface area (Å²) in [5.74, 6) is -1.29. The van der Waals surface area contributed by atoms with Crippen molar-refractivity contribution >= 4 is 11.5 Å². The zero-order valence-corrected chi connectivity index (χ0v) is 13.0. The molecule has 1 aromatic heterocycles. The van der Waals surface area contributed by atoms with Gasteiger partial charge in [-0.2, -0.15) is 13.2 Å². The van der Waals surface area contributed by atoms with Crippen LogP contribution in [0.2, 0.25) is 0 Å². The third-order valence-electron chi connectivity index (χ3n) is 4.43. The van der Waals surface area contributed by atoms with Gasteiger partial charge in [0.1, 0.15) is 6.67 Å². The first-order valence-corrected chi connectivity index (χ1v) is 7.94. The van der Waals surface area contributed by atoms with Gasteiger partial charge < -0.3 is 15.2 Å². The molecule has 24 heavy (non-hydrogen) atoms. The van der Waals surface area contributed by atoms with E-state index in [0.717, 1.165) is 5.57 Å². The van der Waals surface area contributed by atoms with Crippen LogP contribution in [-0.4, -0.2) is 43.0 Å². The molecule has 1 aromatic rings. The quantitative estimate of drug-likeness (QED) is 0.824. The normalized spacial score (nSPS) is 20.2. The molecular formula is C16H19F4N3O. The maximum absolute atomic E-state index is 13.0. The highest BCUT2D eigenvalue weighted by Crippen LogP contribution is 2.43. The number of amides is 1. The second-order valence-electron chi connectivity index (χ2n) is 6.10. The monoisotopic (exact) mass is 345 g/mol. The van der Waals surface area contributed by atoms with Crippen molar-refractivity contribution < 1.29 is 22.4 Å². The van der Waals surface area contributed by atoms with Crippen LogP contribution < -0.4 is 10.6 Å². The molecule has 1 atom stereocenters. The van der Waals surface area contributed by atoms with Crippen molar-refractivity contribution in [3.8, 4) is 0 Å². The number of aromatic nitrogens is 1. The van der Waals surface area contributed by atoms with E-state index in [0.29, 0.717) is 30.9 Å². The van der Waals surface area contributed by atoms with Crippen molar-refractivity contribution in [3.63, 3.8) is 0 Å². The molecule has 2 N–H and O–H groups in total. The van der Waals surface area contributed by atoms with E-state index < -0.39 is 31.1 Å². The highest BCUT2D eigenvalue weighted by molar-refractivity contribution is 5.97. The van der Waals surface area contributed by atoms with Crippen LogP contribution in [0.1, 0.15) is 40.4 Å². The molecule has 0 bridgehead atoms. The second kappa shape index (κ2) is 6.58. The van der Waals surface area contributed by atoms with E-state index >= 15 is 0 Å². The molecule has 0 saturated heterocycles. The van der Waals surface area contributed by atoms with E-state index in [1.54, 1.807) is 6.20 Å². The molecule has 132 valence electrons. The van der Waals surface area contributed by atoms with Gasteiger partial charge in [0.25, 0.3) is 5.91 Å². The Bertz CT molecular complexity index is 663. The van der Waals surface area contributed by atoms with E-state index in [-0.39, 0.29) is 18.5 Å². The Hall–Kier alpha value is -1.83. The number of carbonyl (C=O) groups is 1. The average molecular weight is 345 g/mol. The summed E-state index contributed by atoms with van der Waals surface area (Å²) in [6, 6.07) is 0. The summed E-state index contributed by atoms with van der Waals surface area (Å²) in [5, 5.41) is 5.65. The fourth-order valence-corrected chi connectivity index (χ4v) is 3.50. The SMILES string of the molecule is O=C(NCCF)c1cn2c3c1C(CC(F)(F)F)CC=C3CNCC2. The van der Waals surface area contributed by atoms with Crippen molar-refractivity contribution in [2.75, 3.05) is 26.3 Å². The number of carbonyl (C=O) groups excluding carboxylic acids is 1. The first-order chi connectivity index (χ1) is 11.4. The van der Waals surface area contributed by atoms with Gasteiger partial charge in [0.2, 0.25) is 0 Å². The van der Waals surface area contributed by atoms with Gasteiger partial charge >= 0.3 is 6.18 Å². The Balaban J connectivity index is 2.04. The molecule has 1 unspecified atom stereocenters. The summed E-state index contributed by atoms with van der Waals surface area (Å²) >= 11 is 0. The van der Waals surface area contributed by atoms with Crippen LogP contribution in [0.25, 0.3) is 5.57 Å². The molecule has 1 amide bonds. The van der Waals surface area contributed by atoms with Gasteiger partial charge in [0, 0.05) is 38.1 Å². The Morgan fingerprint density at radius 1 is 1.42 bits per heavy atom. The summed E-state index contributed by atoms with van der Waals surface area (Å²) in [7, 11) is 0. The molecule has 8 heteroatoms. The summed E-state index contributed by atoms with van der Waals surface area (Å²) in [5.41, 5.74) is 2.32. The van der Waals surface area contributed by atoms with Gasteiger partial charge in [-0.1, -0.05) is 6.08 Å². The summed E-state index contributed by atoms with van der Waals surface area (Å²) in [6.07, 6.45) is -1.59. The van der Waals surface area contributed by atoms with Crippen LogP contribution in [0.3, 0.4) is 0 Å². The van der Waals surface area contributed by atoms with Crippen molar-refractivity contribution in [2.24, 2.45) is 0 Å². The van der Waals surface area contributed by atoms with E-state index in [2.05, 4.69) is 10.6 Å². The van der Waals surface area contributed by atoms with Crippen LogP contribution in [0.4, 0.5) is 17.6 Å². The van der Waals surface area contributed by atoms with Crippen molar-refractivity contribution in [1.29, 1.82) is 0 Å². The van der Waals surface area contributed by atoms with Crippen LogP contribution in [-0.2, 0) is 6.54 Å². The van der Waals surface area contributed by atoms with Gasteiger partial charge in [-0.05, 0) is 23.5 Å². The van der Waals surface area contributed by atoms with Crippen LogP contribution in [0.5, 0.6) is 0 Å². The van der Waals surface area contributed by atoms with E-state index in [9.17, 15) is 22.4 Å². The summed E-state index contributed by atoms with van der Waals surface area (Å²) in [4.78, 5) is 12.3. The molecule has 0 fully saturated rings. The van der Waals surface area contributed by atoms with E-state index in [1.807, 2.05) is 10.6 Å². The molecule has 1 aliphatic carbocycles. The summed E-state index contributed by atoms with van der Waals surface area (Å²) < 4.78 is 53.0. The second-order valence-corrected chi connectivity index (χ2v) is 6.10. The number of hydrogen-bond acceptors (Lipinski definition) is 2. The first-order valence-electron chi connectivity index (χ1n) is 7.94. The van der Waals surface area contributed by atoms with Crippen LogP contribution in [0, 0.1) is 0 Å². The molecular weight excluding hydrogens is 326 g/mol. The summed E-state index contributed by atoms with van der Waals surface area (Å²) in [6.45, 7) is 0.965. The zero-order valence-electron chi connectivity index (χ0n) is 13.0. The lowest BCUT2D eigenvalue weighted by Gasteiger charge is -2.25. The van der Waals surface area contributed by atoms with Gasteiger partial charge in [-0.25, -0.2) is 4.39 Å². The topological polar surface area (TPSA) is 46.1 Å². The Labute approximate surface area is 136 Å². The minimum Gasteiger partial charge on any atom is -0.349 e. The Kier molecular flexibility index (Phi) is 4.67. The molecule has 2 heterocycles. The number of alkyl halides is 4. The van der Waals surface area contributed by atoms with E-state index in [4.69, 9.17) is 0 Å². The van der Waals surface area contributed by atoms with Gasteiger partial charge in [0.15, 0.2) is 0 Å². The molecule has 0 radical (unpaired) electrons. The highest BCUT2D eigenvalue weighted by Gasteiger charge is 2.38. The van der Waals surface area contributed by atoms with Crippen LogP contribution >= 0.6 is 0 Å². The smallest absolute Gasteiger partial charge is 0.349 e. The number of nitrogens with one attached hydrogen (secondary N) is 2. The van der Waals surface area contributed by atoms with Crippen molar-refractivity contribution in [1.82, 2.24) is 15.2 Å². The first kappa shape index (κ1) is 17.0. The van der Waals surface area contributed by atoms with Gasteiger partial charge in [-0.15, -0.1) is 0 Å². The fraction of sp³-hybridized carbons (Fsp3) is 0.562. The minimum atomic E-state index is -4.31. The highest BCUT2D eigenvalue weighted by atomic mass is 19.4. The Morgan fingerprint density at radius 2 is 2.21 bits per heavy atom. The molecule has 0 saturated carbocycles. The standard InChI is InChI=1S/C16H19F4N3O/c17-3-4-22-15(24)12-9-23-6-5-21-8-11-2-1-10(7-16(18,19)20)13(12)14(11)23/h2,9-10,21H,1,3-8H2,(H,22,24). The lowest BCUT2D eigenvalue weighted by molar-refractivity contribution is -0.138. The number of hydrogen-bond donors (Lipinski definition) is 2. The molecule has 3 rings (SSSR count). The maximum Gasteiger partial charge on any atom is 0.389 e. The third-order valence-corrected chi connectivity index (χ3v) is 4.43. The predicted octanol–water partition coefficient (Wildman–Crippen LogP) is 2.61. The van der Waals surface area contributed by atoms with Gasteiger partial charge in [-0.3, -0.25) is 4.79 Å². The number of rotatable bonds is 4. The lowest BCUT2D eigenvalue weighted by atomic mass is 9.82. The number of halogens is 4. The molecule has 2 aliphatic rings. The average Bonchev–Trinajstić information content (AvgIpc) is 2.78. The third kappa shape index (κ3) is 3.33. The largest absolute Gasteiger partial charge is 0.389 e. The number of nitrogens with zero attached hydrogens (tertiary/aromatic N) is 1. The molecule has 0 spiro atoms. The minimum absolute atomic E-state index is 0.146. The lowest BCUT2D eigenvalue weighted by Crippen LogP contribution is -2.28. The predicted molar refractivity (Wildman–Crippen MR) is 81.6 cm³/mol.